The van der Waals surface area contributed by atoms with Crippen LogP contribution in [-0.4, -0.2) is 11.9 Å². The maximum Gasteiger partial charge on any atom is 0.320 e. The number of carbonyl (C=O) groups is 2. The predicted molar refractivity (Wildman–Crippen MR) is 61.8 cm³/mol. The van der Waals surface area contributed by atoms with Gasteiger partial charge in [-0.05, 0) is 31.6 Å². The molecule has 0 radical (unpaired) electrons. The summed E-state index contributed by atoms with van der Waals surface area (Å²) < 4.78 is 4.98. The zero-order chi connectivity index (χ0) is 12.4. The molecule has 0 N–H and O–H groups in total. The lowest BCUT2D eigenvalue weighted by Gasteiger charge is -2.61. The van der Waals surface area contributed by atoms with Crippen LogP contribution in [0.4, 0.5) is 0 Å². The third kappa shape index (κ3) is 0.992. The zero-order valence-corrected chi connectivity index (χ0v) is 10.5. The largest absolute Gasteiger partial charge is 0.392 e. The van der Waals surface area contributed by atoms with Crippen LogP contribution in [0.5, 0.6) is 0 Å². The molecule has 4 rings (SSSR count). The van der Waals surface area contributed by atoms with Crippen LogP contribution in [-0.2, 0) is 14.3 Å². The molecule has 1 saturated carbocycles. The Kier molecular flexibility index (Phi) is 1.94. The molecule has 92 valence electrons. The third-order valence-corrected chi connectivity index (χ3v) is 5.87. The number of esters is 2. The van der Waals surface area contributed by atoms with E-state index in [9.17, 15) is 9.59 Å². The van der Waals surface area contributed by atoms with E-state index in [2.05, 4.69) is 19.1 Å². The average Bonchev–Trinajstić information content (AvgIpc) is 2.33. The lowest BCUT2D eigenvalue weighted by Crippen LogP contribution is -2.65. The summed E-state index contributed by atoms with van der Waals surface area (Å²) in [7, 11) is 0. The first-order valence-corrected chi connectivity index (χ1v) is 6.37. The number of cyclic esters (lactones) is 2. The second-order valence-electron chi connectivity index (χ2n) is 6.09. The van der Waals surface area contributed by atoms with Gasteiger partial charge in [0.25, 0.3) is 0 Å². The van der Waals surface area contributed by atoms with Crippen LogP contribution in [0.15, 0.2) is 12.2 Å². The second kappa shape index (κ2) is 3.01. The highest BCUT2D eigenvalue weighted by Crippen LogP contribution is 2.65. The normalized spacial score (nSPS) is 52.3. The smallest absolute Gasteiger partial charge is 0.320 e. The number of allylic oxidation sites excluding steroid dienone is 2. The summed E-state index contributed by atoms with van der Waals surface area (Å²) in [5.74, 6) is -0.328. The fourth-order valence-corrected chi connectivity index (χ4v) is 4.26. The first kappa shape index (κ1) is 11.0. The summed E-state index contributed by atoms with van der Waals surface area (Å²) in [6.45, 7) is 5.98. The van der Waals surface area contributed by atoms with Gasteiger partial charge in [0.2, 0.25) is 0 Å². The van der Waals surface area contributed by atoms with Crippen molar-refractivity contribution in [3.63, 3.8) is 0 Å². The van der Waals surface area contributed by atoms with Crippen molar-refractivity contribution < 1.29 is 14.3 Å². The Hall–Kier alpha value is -1.12. The van der Waals surface area contributed by atoms with E-state index in [-0.39, 0.29) is 29.2 Å². The van der Waals surface area contributed by atoms with Crippen LogP contribution < -0.4 is 0 Å². The van der Waals surface area contributed by atoms with Gasteiger partial charge in [0.15, 0.2) is 0 Å². The van der Waals surface area contributed by atoms with Gasteiger partial charge in [-0.25, -0.2) is 0 Å². The number of fused-ring (bicyclic) bond motifs is 1. The van der Waals surface area contributed by atoms with Crippen molar-refractivity contribution in [2.75, 3.05) is 0 Å². The van der Waals surface area contributed by atoms with E-state index in [1.807, 2.05) is 13.8 Å². The third-order valence-electron chi connectivity index (χ3n) is 5.87. The highest BCUT2D eigenvalue weighted by Gasteiger charge is 2.68. The minimum atomic E-state index is -0.530. The van der Waals surface area contributed by atoms with E-state index in [0.29, 0.717) is 5.92 Å². The van der Waals surface area contributed by atoms with Gasteiger partial charge in [0.1, 0.15) is 0 Å². The number of rotatable bonds is 0. The summed E-state index contributed by atoms with van der Waals surface area (Å²) in [6.07, 6.45) is 6.47. The minimum Gasteiger partial charge on any atom is -0.392 e. The van der Waals surface area contributed by atoms with Crippen molar-refractivity contribution in [1.82, 2.24) is 0 Å². The van der Waals surface area contributed by atoms with E-state index < -0.39 is 5.41 Å². The van der Waals surface area contributed by atoms with Crippen LogP contribution in [0.1, 0.15) is 33.6 Å². The van der Waals surface area contributed by atoms with E-state index in [1.54, 1.807) is 0 Å². The Bertz CT molecular complexity index is 439. The summed E-state index contributed by atoms with van der Waals surface area (Å²) in [5, 5.41) is 0. The monoisotopic (exact) mass is 234 g/mol. The molecule has 2 bridgehead atoms. The molecule has 0 aromatic carbocycles. The van der Waals surface area contributed by atoms with Crippen molar-refractivity contribution in [2.45, 2.75) is 33.6 Å². The lowest BCUT2D eigenvalue weighted by molar-refractivity contribution is -0.210. The van der Waals surface area contributed by atoms with E-state index >= 15 is 0 Å². The molecule has 17 heavy (non-hydrogen) atoms. The molecule has 1 aliphatic heterocycles. The summed E-state index contributed by atoms with van der Waals surface area (Å²) in [5.41, 5.74) is -0.810. The van der Waals surface area contributed by atoms with E-state index in [4.69, 9.17) is 4.74 Å². The lowest BCUT2D eigenvalue weighted by atomic mass is 9.42. The molecule has 1 saturated heterocycles. The molecule has 0 amide bonds. The van der Waals surface area contributed by atoms with Gasteiger partial charge in [-0.1, -0.05) is 26.0 Å². The number of ether oxygens (including phenoxy) is 1. The molecule has 3 aliphatic carbocycles. The zero-order valence-electron chi connectivity index (χ0n) is 10.5. The predicted octanol–water partition coefficient (Wildman–Crippen LogP) is 2.31. The first-order valence-electron chi connectivity index (χ1n) is 6.37. The minimum absolute atomic E-state index is 0.206. The summed E-state index contributed by atoms with van der Waals surface area (Å²) in [4.78, 5) is 24.0. The van der Waals surface area contributed by atoms with Crippen LogP contribution >= 0.6 is 0 Å². The van der Waals surface area contributed by atoms with Gasteiger partial charge in [-0.3, -0.25) is 9.59 Å². The summed E-state index contributed by atoms with van der Waals surface area (Å²) in [6, 6.07) is 0. The second-order valence-corrected chi connectivity index (χ2v) is 6.09. The van der Waals surface area contributed by atoms with Crippen molar-refractivity contribution in [2.24, 2.45) is 28.6 Å². The maximum atomic E-state index is 12.2. The van der Waals surface area contributed by atoms with Gasteiger partial charge in [0, 0.05) is 5.41 Å². The molecule has 0 spiro atoms. The Labute approximate surface area is 101 Å². The van der Waals surface area contributed by atoms with Gasteiger partial charge in [-0.2, -0.15) is 0 Å². The molecule has 0 aromatic rings. The number of carbonyl (C=O) groups excluding carboxylic acids is 2. The van der Waals surface area contributed by atoms with Gasteiger partial charge >= 0.3 is 11.9 Å². The van der Waals surface area contributed by atoms with E-state index in [0.717, 1.165) is 12.8 Å². The van der Waals surface area contributed by atoms with Crippen molar-refractivity contribution in [3.05, 3.63) is 12.2 Å². The Morgan fingerprint density at radius 1 is 1.18 bits per heavy atom. The maximum absolute atomic E-state index is 12.2. The van der Waals surface area contributed by atoms with Crippen LogP contribution in [0.25, 0.3) is 0 Å². The molecular weight excluding hydrogens is 216 g/mol. The SMILES string of the molecule is CC1C(=O)OC(=O)C2(C)C3C=CC(CC3)C12C. The molecule has 3 nitrogen and oxygen atoms in total. The Morgan fingerprint density at radius 2 is 1.76 bits per heavy atom. The Morgan fingerprint density at radius 3 is 2.35 bits per heavy atom. The molecule has 4 aliphatic rings. The van der Waals surface area contributed by atoms with Crippen LogP contribution in [0.2, 0.25) is 0 Å². The molecule has 5 atom stereocenters. The van der Waals surface area contributed by atoms with E-state index in [1.165, 1.54) is 0 Å². The number of hydrogen-bond acceptors (Lipinski definition) is 3. The highest BCUT2D eigenvalue weighted by atomic mass is 16.6. The molecular formula is C14H18O3. The topological polar surface area (TPSA) is 43.4 Å². The van der Waals surface area contributed by atoms with Gasteiger partial charge in [0.05, 0.1) is 11.3 Å². The fraction of sp³-hybridized carbons (Fsp3) is 0.714. The van der Waals surface area contributed by atoms with Crippen LogP contribution in [0, 0.1) is 28.6 Å². The Balaban J connectivity index is 2.21. The van der Waals surface area contributed by atoms with Gasteiger partial charge < -0.3 is 4.74 Å². The van der Waals surface area contributed by atoms with Crippen molar-refractivity contribution >= 4 is 11.9 Å². The quantitative estimate of drug-likeness (QED) is 0.367. The van der Waals surface area contributed by atoms with Gasteiger partial charge in [-0.15, -0.1) is 0 Å². The van der Waals surface area contributed by atoms with Crippen molar-refractivity contribution in [3.8, 4) is 0 Å². The van der Waals surface area contributed by atoms with Crippen molar-refractivity contribution in [1.29, 1.82) is 0 Å². The van der Waals surface area contributed by atoms with Crippen LogP contribution in [0.3, 0.4) is 0 Å². The molecule has 1 heterocycles. The summed E-state index contributed by atoms with van der Waals surface area (Å²) >= 11 is 0. The fourth-order valence-electron chi connectivity index (χ4n) is 4.26. The standard InChI is InChI=1S/C14H18O3/c1-8-11(15)17-12(16)14(3)10-6-4-9(5-7-10)13(8,14)2/h4,6,8-10H,5,7H2,1-3H3. The first-order chi connectivity index (χ1) is 7.92. The molecule has 3 heteroatoms. The molecule has 0 aromatic heterocycles. The average molecular weight is 234 g/mol. The number of hydrogen-bond donors (Lipinski definition) is 0. The highest BCUT2D eigenvalue weighted by molar-refractivity contribution is 5.95. The molecule has 5 unspecified atom stereocenters. The molecule has 2 fully saturated rings.